The van der Waals surface area contributed by atoms with Crippen molar-refractivity contribution in [3.05, 3.63) is 35.9 Å². The van der Waals surface area contributed by atoms with Crippen molar-refractivity contribution in [3.63, 3.8) is 0 Å². The lowest BCUT2D eigenvalue weighted by atomic mass is 9.97. The van der Waals surface area contributed by atoms with Gasteiger partial charge in [0.2, 0.25) is 0 Å². The zero-order chi connectivity index (χ0) is 12.0. The van der Waals surface area contributed by atoms with Gasteiger partial charge in [0.1, 0.15) is 0 Å². The quantitative estimate of drug-likeness (QED) is 0.740. The predicted molar refractivity (Wildman–Crippen MR) is 73.9 cm³/mol. The molecule has 0 aliphatic carbocycles. The van der Waals surface area contributed by atoms with Crippen molar-refractivity contribution in [2.75, 3.05) is 11.9 Å². The minimum absolute atomic E-state index is 0.972. The van der Waals surface area contributed by atoms with E-state index in [0.717, 1.165) is 18.5 Å². The fourth-order valence-electron chi connectivity index (χ4n) is 1.90. The Morgan fingerprint density at radius 2 is 2.06 bits per heavy atom. The van der Waals surface area contributed by atoms with Crippen molar-refractivity contribution >= 4 is 11.3 Å². The Kier molecular flexibility index (Phi) is 5.10. The number of allylic oxidation sites excluding steroid dienone is 1. The van der Waals surface area contributed by atoms with Gasteiger partial charge in [0.25, 0.3) is 0 Å². The van der Waals surface area contributed by atoms with Crippen LogP contribution in [0.2, 0.25) is 0 Å². The molecule has 1 aromatic carbocycles. The molecule has 0 spiro atoms. The first-order valence-electron chi connectivity index (χ1n) is 6.21. The van der Waals surface area contributed by atoms with Crippen molar-refractivity contribution in [2.24, 2.45) is 0 Å². The molecule has 0 aliphatic heterocycles. The molecule has 0 saturated heterocycles. The van der Waals surface area contributed by atoms with E-state index >= 15 is 0 Å². The van der Waals surface area contributed by atoms with Crippen molar-refractivity contribution in [1.29, 1.82) is 0 Å². The molecule has 1 nitrogen and oxygen atoms in total. The van der Waals surface area contributed by atoms with Crippen LogP contribution in [0, 0.1) is 0 Å². The molecule has 1 N–H and O–H groups in total. The number of hydrogen-bond donors (Lipinski definition) is 1. The smallest absolute Gasteiger partial charge is 0.0343 e. The van der Waals surface area contributed by atoms with Crippen molar-refractivity contribution in [3.8, 4) is 0 Å². The van der Waals surface area contributed by atoms with E-state index in [1.807, 2.05) is 0 Å². The first-order valence-corrected chi connectivity index (χ1v) is 6.21. The molecule has 0 bridgehead atoms. The normalized spacial score (nSPS) is 10.2. The van der Waals surface area contributed by atoms with E-state index in [-0.39, 0.29) is 0 Å². The van der Waals surface area contributed by atoms with Crippen LogP contribution < -0.4 is 5.32 Å². The summed E-state index contributed by atoms with van der Waals surface area (Å²) in [5.41, 5.74) is 5.12. The molecule has 88 valence electrons. The second-order valence-corrected chi connectivity index (χ2v) is 4.29. The largest absolute Gasteiger partial charge is 0.385 e. The minimum Gasteiger partial charge on any atom is -0.385 e. The molecular weight excluding hydrogens is 194 g/mol. The van der Waals surface area contributed by atoms with E-state index < -0.39 is 0 Å². The Balaban J connectivity index is 2.95. The van der Waals surface area contributed by atoms with Gasteiger partial charge in [0, 0.05) is 12.2 Å². The second-order valence-electron chi connectivity index (χ2n) is 4.29. The van der Waals surface area contributed by atoms with E-state index in [9.17, 15) is 0 Å². The average molecular weight is 217 g/mol. The van der Waals surface area contributed by atoms with E-state index in [4.69, 9.17) is 0 Å². The topological polar surface area (TPSA) is 12.0 Å². The molecule has 0 radical (unpaired) electrons. The van der Waals surface area contributed by atoms with Crippen LogP contribution in [0.25, 0.3) is 5.57 Å². The second kappa shape index (κ2) is 6.37. The molecule has 0 heterocycles. The van der Waals surface area contributed by atoms with Gasteiger partial charge in [-0.1, -0.05) is 31.6 Å². The zero-order valence-corrected chi connectivity index (χ0v) is 10.8. The molecule has 0 aliphatic rings. The number of unbranched alkanes of at least 4 members (excludes halogenated alkanes) is 1. The molecule has 1 rings (SSSR count). The Hall–Kier alpha value is -1.24. The third-order valence-corrected chi connectivity index (χ3v) is 2.75. The summed E-state index contributed by atoms with van der Waals surface area (Å²) in [5, 5.41) is 3.36. The molecule has 0 amide bonds. The fraction of sp³-hybridized carbons (Fsp3) is 0.467. The molecule has 0 fully saturated rings. The van der Waals surface area contributed by atoms with Gasteiger partial charge in [0.05, 0.1) is 0 Å². The average Bonchev–Trinajstić information content (AvgIpc) is 2.26. The van der Waals surface area contributed by atoms with E-state index in [0.29, 0.717) is 0 Å². The Bertz CT molecular complexity index is 352. The third kappa shape index (κ3) is 3.41. The zero-order valence-electron chi connectivity index (χ0n) is 10.8. The van der Waals surface area contributed by atoms with Crippen LogP contribution in [-0.2, 0) is 6.42 Å². The maximum absolute atomic E-state index is 4.05. The summed E-state index contributed by atoms with van der Waals surface area (Å²) in [7, 11) is 0. The van der Waals surface area contributed by atoms with Crippen LogP contribution >= 0.6 is 0 Å². The summed E-state index contributed by atoms with van der Waals surface area (Å²) in [6, 6.07) is 6.59. The van der Waals surface area contributed by atoms with Gasteiger partial charge in [-0.2, -0.15) is 0 Å². The van der Waals surface area contributed by atoms with Gasteiger partial charge in [-0.05, 0) is 49.9 Å². The van der Waals surface area contributed by atoms with E-state index in [1.165, 1.54) is 29.7 Å². The summed E-state index contributed by atoms with van der Waals surface area (Å²) in [6.07, 6.45) is 3.63. The summed E-state index contributed by atoms with van der Waals surface area (Å²) in [6.45, 7) is 11.5. The Labute approximate surface area is 99.6 Å². The third-order valence-electron chi connectivity index (χ3n) is 2.75. The van der Waals surface area contributed by atoms with Crippen LogP contribution in [0.5, 0.6) is 0 Å². The maximum atomic E-state index is 4.05. The molecule has 1 heteroatoms. The standard InChI is InChI=1S/C15H23N/c1-5-7-8-13-11-14(16-6-2)9-10-15(13)12(3)4/h9-11,16H,3,5-8H2,1-2,4H3. The molecule has 0 aromatic heterocycles. The molecule has 0 atom stereocenters. The lowest BCUT2D eigenvalue weighted by Crippen LogP contribution is -1.99. The first kappa shape index (κ1) is 12.8. The highest BCUT2D eigenvalue weighted by Gasteiger charge is 2.04. The maximum Gasteiger partial charge on any atom is 0.0343 e. The van der Waals surface area contributed by atoms with Crippen molar-refractivity contribution in [2.45, 2.75) is 40.0 Å². The highest BCUT2D eigenvalue weighted by Crippen LogP contribution is 2.23. The van der Waals surface area contributed by atoms with E-state index in [2.05, 4.69) is 50.9 Å². The van der Waals surface area contributed by atoms with Crippen LogP contribution in [-0.4, -0.2) is 6.54 Å². The predicted octanol–water partition coefficient (Wildman–Crippen LogP) is 4.49. The van der Waals surface area contributed by atoms with Crippen LogP contribution in [0.15, 0.2) is 24.8 Å². The van der Waals surface area contributed by atoms with Crippen LogP contribution in [0.4, 0.5) is 5.69 Å². The van der Waals surface area contributed by atoms with Crippen LogP contribution in [0.1, 0.15) is 44.7 Å². The molecule has 0 saturated carbocycles. The fourth-order valence-corrected chi connectivity index (χ4v) is 1.90. The van der Waals surface area contributed by atoms with Gasteiger partial charge in [-0.25, -0.2) is 0 Å². The van der Waals surface area contributed by atoms with Gasteiger partial charge >= 0.3 is 0 Å². The van der Waals surface area contributed by atoms with Crippen LogP contribution in [0.3, 0.4) is 0 Å². The lowest BCUT2D eigenvalue weighted by Gasteiger charge is -2.12. The molecule has 16 heavy (non-hydrogen) atoms. The molecular formula is C15H23N. The monoisotopic (exact) mass is 217 g/mol. The first-order chi connectivity index (χ1) is 7.69. The number of rotatable bonds is 6. The minimum atomic E-state index is 0.972. The van der Waals surface area contributed by atoms with E-state index in [1.54, 1.807) is 0 Å². The van der Waals surface area contributed by atoms with Gasteiger partial charge in [0.15, 0.2) is 0 Å². The summed E-state index contributed by atoms with van der Waals surface area (Å²) in [4.78, 5) is 0. The summed E-state index contributed by atoms with van der Waals surface area (Å²) < 4.78 is 0. The number of nitrogens with one attached hydrogen (secondary N) is 1. The van der Waals surface area contributed by atoms with Crippen molar-refractivity contribution < 1.29 is 0 Å². The van der Waals surface area contributed by atoms with Crippen molar-refractivity contribution in [1.82, 2.24) is 0 Å². The number of aryl methyl sites for hydroxylation is 1. The molecule has 1 aromatic rings. The SMILES string of the molecule is C=C(C)c1ccc(NCC)cc1CCCC. The molecule has 0 unspecified atom stereocenters. The highest BCUT2D eigenvalue weighted by molar-refractivity contribution is 5.67. The number of hydrogen-bond acceptors (Lipinski definition) is 1. The number of benzene rings is 1. The summed E-state index contributed by atoms with van der Waals surface area (Å²) in [5.74, 6) is 0. The van der Waals surface area contributed by atoms with Gasteiger partial charge in [-0.3, -0.25) is 0 Å². The summed E-state index contributed by atoms with van der Waals surface area (Å²) >= 11 is 0. The van der Waals surface area contributed by atoms with Gasteiger partial charge in [-0.15, -0.1) is 0 Å². The Morgan fingerprint density at radius 3 is 2.62 bits per heavy atom. The lowest BCUT2D eigenvalue weighted by molar-refractivity contribution is 0.793. The Morgan fingerprint density at radius 1 is 1.31 bits per heavy atom. The highest BCUT2D eigenvalue weighted by atomic mass is 14.8. The van der Waals surface area contributed by atoms with Gasteiger partial charge < -0.3 is 5.32 Å². The number of anilines is 1.